The number of H-pyrrole nitrogens is 1. The third-order valence-electron chi connectivity index (χ3n) is 8.07. The Morgan fingerprint density at radius 2 is 1.80 bits per heavy atom. The Bertz CT molecular complexity index is 1350. The maximum Gasteiger partial charge on any atom is 0.159 e. The van der Waals surface area contributed by atoms with Gasteiger partial charge in [-0.25, -0.2) is 14.3 Å². The number of benzene rings is 1. The topological polar surface area (TPSA) is 99.2 Å². The van der Waals surface area contributed by atoms with Gasteiger partial charge < -0.3 is 25.9 Å². The summed E-state index contributed by atoms with van der Waals surface area (Å²) in [6.45, 7) is 10.8. The van der Waals surface area contributed by atoms with Crippen LogP contribution >= 0.6 is 23.5 Å². The van der Waals surface area contributed by atoms with Gasteiger partial charge in [0.2, 0.25) is 0 Å². The number of imidazole rings is 1. The number of fused-ring (bicyclic) bond motifs is 1. The first-order valence-electron chi connectivity index (χ1n) is 14.0. The lowest BCUT2D eigenvalue weighted by Gasteiger charge is -2.34. The molecule has 0 bridgehead atoms. The highest BCUT2D eigenvalue weighted by Gasteiger charge is 2.23. The fourth-order valence-electron chi connectivity index (χ4n) is 5.50. The summed E-state index contributed by atoms with van der Waals surface area (Å²) in [5.74, 6) is 0.794. The van der Waals surface area contributed by atoms with E-state index in [2.05, 4.69) is 65.2 Å². The van der Waals surface area contributed by atoms with E-state index in [0.29, 0.717) is 16.8 Å². The van der Waals surface area contributed by atoms with Crippen LogP contribution in [0.25, 0.3) is 22.6 Å². The van der Waals surface area contributed by atoms with E-state index >= 15 is 0 Å². The molecule has 0 atom stereocenters. The largest absolute Gasteiger partial charge is 0.391 e. The van der Waals surface area contributed by atoms with Crippen molar-refractivity contribution in [2.75, 3.05) is 69.3 Å². The van der Waals surface area contributed by atoms with Crippen LogP contribution in [-0.2, 0) is 0 Å². The summed E-state index contributed by atoms with van der Waals surface area (Å²) in [6.07, 6.45) is 5.83. The fourth-order valence-corrected chi connectivity index (χ4v) is 6.22. The maximum absolute atomic E-state index is 8.16. The number of anilines is 2. The zero-order chi connectivity index (χ0) is 28.2. The minimum atomic E-state index is 0.296. The van der Waals surface area contributed by atoms with E-state index in [4.69, 9.17) is 22.0 Å². The molecule has 4 heterocycles. The molecule has 40 heavy (non-hydrogen) atoms. The lowest BCUT2D eigenvalue weighted by Crippen LogP contribution is -2.43. The maximum atomic E-state index is 8.16. The average Bonchev–Trinajstić information content (AvgIpc) is 3.42. The van der Waals surface area contributed by atoms with E-state index in [9.17, 15) is 0 Å². The molecule has 0 aliphatic carbocycles. The monoisotopic (exact) mass is 581 g/mol. The summed E-state index contributed by atoms with van der Waals surface area (Å²) in [7, 11) is 1.91. The van der Waals surface area contributed by atoms with Gasteiger partial charge in [0, 0.05) is 87.1 Å². The molecule has 2 aromatic heterocycles. The second kappa shape index (κ2) is 12.8. The summed E-state index contributed by atoms with van der Waals surface area (Å²) in [6, 6.07) is 8.93. The number of aromatic amines is 1. The van der Waals surface area contributed by atoms with Crippen LogP contribution in [0.1, 0.15) is 26.7 Å². The van der Waals surface area contributed by atoms with Crippen LogP contribution in [-0.4, -0.2) is 95.0 Å². The summed E-state index contributed by atoms with van der Waals surface area (Å²) < 4.78 is 2.41. The molecule has 214 valence electrons. The molecule has 4 N–H and O–H groups in total. The Labute approximate surface area is 246 Å². The Morgan fingerprint density at radius 1 is 1.10 bits per heavy atom. The Hall–Kier alpha value is -2.79. The molecule has 2 saturated heterocycles. The summed E-state index contributed by atoms with van der Waals surface area (Å²) >= 11 is 8.47. The molecule has 1 aromatic carbocycles. The third kappa shape index (κ3) is 6.40. The van der Waals surface area contributed by atoms with Crippen LogP contribution in [0.15, 0.2) is 41.7 Å². The van der Waals surface area contributed by atoms with Gasteiger partial charge in [0.25, 0.3) is 0 Å². The van der Waals surface area contributed by atoms with Crippen molar-refractivity contribution in [1.29, 1.82) is 5.41 Å². The molecule has 0 saturated carbocycles. The molecule has 2 aliphatic heterocycles. The molecule has 5 rings (SSSR count). The second-order valence-corrected chi connectivity index (χ2v) is 11.9. The van der Waals surface area contributed by atoms with Crippen molar-refractivity contribution in [3.8, 4) is 11.4 Å². The summed E-state index contributed by atoms with van der Waals surface area (Å²) in [5, 5.41) is 15.6. The SMILES string of the molecule is CN/C(C)=C(/CN1CCC(Nc2c(Cl)cnc3[nH]c(-c4ccc(N5CCN(SC)CC5)cc4)nc23)CC1)C(C)=N. The van der Waals surface area contributed by atoms with Crippen molar-refractivity contribution in [2.24, 2.45) is 0 Å². The molecule has 2 fully saturated rings. The van der Waals surface area contributed by atoms with Crippen LogP contribution in [0.3, 0.4) is 0 Å². The number of allylic oxidation sites excluding steroid dienone is 1. The van der Waals surface area contributed by atoms with Crippen molar-refractivity contribution < 1.29 is 0 Å². The number of hydrogen-bond donors (Lipinski definition) is 4. The van der Waals surface area contributed by atoms with E-state index < -0.39 is 0 Å². The van der Waals surface area contributed by atoms with Gasteiger partial charge in [-0.2, -0.15) is 0 Å². The van der Waals surface area contributed by atoms with Crippen LogP contribution < -0.4 is 15.5 Å². The molecule has 2 aliphatic rings. The number of aromatic nitrogens is 3. The Morgan fingerprint density at radius 3 is 2.42 bits per heavy atom. The Kier molecular flexibility index (Phi) is 9.20. The van der Waals surface area contributed by atoms with Crippen molar-refractivity contribution in [3.05, 3.63) is 46.8 Å². The predicted molar refractivity (Wildman–Crippen MR) is 170 cm³/mol. The quantitative estimate of drug-likeness (QED) is 0.205. The van der Waals surface area contributed by atoms with Crippen molar-refractivity contribution in [2.45, 2.75) is 32.7 Å². The number of hydrogen-bond acceptors (Lipinski definition) is 9. The number of pyridine rings is 1. The van der Waals surface area contributed by atoms with Gasteiger partial charge >= 0.3 is 0 Å². The predicted octanol–water partition coefficient (Wildman–Crippen LogP) is 5.09. The van der Waals surface area contributed by atoms with Gasteiger partial charge in [-0.15, -0.1) is 0 Å². The van der Waals surface area contributed by atoms with E-state index in [1.54, 1.807) is 6.20 Å². The van der Waals surface area contributed by atoms with Crippen LogP contribution in [0.5, 0.6) is 0 Å². The molecule has 0 spiro atoms. The molecule has 0 unspecified atom stereocenters. The fraction of sp³-hybridized carbons (Fsp3) is 0.483. The number of nitrogens with zero attached hydrogens (tertiary/aromatic N) is 5. The van der Waals surface area contributed by atoms with Crippen LogP contribution in [0, 0.1) is 5.41 Å². The molecule has 9 nitrogen and oxygen atoms in total. The molecular formula is C29H40ClN9S. The minimum Gasteiger partial charge on any atom is -0.391 e. The van der Waals surface area contributed by atoms with E-state index in [1.807, 2.05) is 32.8 Å². The van der Waals surface area contributed by atoms with Gasteiger partial charge in [-0.1, -0.05) is 23.5 Å². The molecule has 11 heteroatoms. The third-order valence-corrected chi connectivity index (χ3v) is 9.24. The van der Waals surface area contributed by atoms with Crippen LogP contribution in [0.2, 0.25) is 5.02 Å². The lowest BCUT2D eigenvalue weighted by molar-refractivity contribution is 0.237. The zero-order valence-corrected chi connectivity index (χ0v) is 25.4. The number of halogens is 1. The first kappa shape index (κ1) is 28.7. The average molecular weight is 582 g/mol. The normalized spacial score (nSPS) is 18.2. The number of piperazine rings is 1. The summed E-state index contributed by atoms with van der Waals surface area (Å²) in [4.78, 5) is 17.7. The minimum absolute atomic E-state index is 0.296. The first-order chi connectivity index (χ1) is 19.4. The van der Waals surface area contributed by atoms with Gasteiger partial charge in [-0.3, -0.25) is 4.90 Å². The van der Waals surface area contributed by atoms with Gasteiger partial charge in [0.05, 0.1) is 16.9 Å². The lowest BCUT2D eigenvalue weighted by atomic mass is 10.0. The van der Waals surface area contributed by atoms with Crippen molar-refractivity contribution in [3.63, 3.8) is 0 Å². The Balaban J connectivity index is 1.26. The number of piperidine rings is 1. The molecular weight excluding hydrogens is 542 g/mol. The van der Waals surface area contributed by atoms with Crippen molar-refractivity contribution in [1.82, 2.24) is 29.5 Å². The smallest absolute Gasteiger partial charge is 0.159 e. The second-order valence-electron chi connectivity index (χ2n) is 10.6. The highest BCUT2D eigenvalue weighted by Crippen LogP contribution is 2.33. The molecule has 3 aromatic rings. The number of rotatable bonds is 9. The highest BCUT2D eigenvalue weighted by molar-refractivity contribution is 7.96. The number of likely N-dealkylation sites (tertiary alicyclic amines) is 1. The zero-order valence-electron chi connectivity index (χ0n) is 23.9. The highest BCUT2D eigenvalue weighted by atomic mass is 35.5. The van der Waals surface area contributed by atoms with E-state index in [0.717, 1.165) is 98.2 Å². The van der Waals surface area contributed by atoms with Gasteiger partial charge in [0.15, 0.2) is 5.65 Å². The number of nitrogens with one attached hydrogen (secondary N) is 4. The van der Waals surface area contributed by atoms with Crippen molar-refractivity contribution >= 4 is 51.8 Å². The molecule has 0 amide bonds. The van der Waals surface area contributed by atoms with Crippen LogP contribution in [0.4, 0.5) is 11.4 Å². The standard InChI is InChI=1S/C29H40ClN9S/c1-19(31)24(20(2)32-3)18-37-11-9-22(10-12-37)34-26-25(30)17-33-29-27(26)35-28(36-29)21-5-7-23(8-6-21)38-13-15-39(40-4)16-14-38/h5-8,17,22,31-32H,9-16,18H2,1-4H3,(H2,33,34,35,36)/b24-20-,31-19?. The van der Waals surface area contributed by atoms with Gasteiger partial charge in [0.1, 0.15) is 11.3 Å². The van der Waals surface area contributed by atoms with E-state index in [1.165, 1.54) is 5.69 Å². The summed E-state index contributed by atoms with van der Waals surface area (Å²) in [5.41, 5.74) is 7.39. The van der Waals surface area contributed by atoms with Gasteiger partial charge in [-0.05, 0) is 57.2 Å². The first-order valence-corrected chi connectivity index (χ1v) is 15.5. The molecule has 0 radical (unpaired) electrons. The van der Waals surface area contributed by atoms with E-state index in [-0.39, 0.29) is 0 Å².